The molecule has 4 amide bonds. The maximum atomic E-state index is 12.6. The first-order chi connectivity index (χ1) is 12.0. The SMILES string of the molecule is CC1(C2CC2)NC(=O)N(CC(=O)N2CC=C(c3ccccc3)C2)C1=O. The quantitative estimate of drug-likeness (QED) is 0.848. The van der Waals surface area contributed by atoms with Crippen molar-refractivity contribution >= 4 is 23.4 Å². The van der Waals surface area contributed by atoms with E-state index in [1.54, 1.807) is 11.8 Å². The van der Waals surface area contributed by atoms with Crippen LogP contribution in [0.25, 0.3) is 5.57 Å². The van der Waals surface area contributed by atoms with E-state index in [9.17, 15) is 14.4 Å². The minimum atomic E-state index is -0.837. The molecule has 4 rings (SSSR count). The molecule has 1 saturated heterocycles. The number of hydrogen-bond acceptors (Lipinski definition) is 3. The Bertz CT molecular complexity index is 769. The van der Waals surface area contributed by atoms with Crippen molar-refractivity contribution in [1.82, 2.24) is 15.1 Å². The Labute approximate surface area is 146 Å². The number of nitrogens with zero attached hydrogens (tertiary/aromatic N) is 2. The molecule has 0 radical (unpaired) electrons. The molecule has 1 aromatic carbocycles. The van der Waals surface area contributed by atoms with E-state index in [1.807, 2.05) is 36.4 Å². The summed E-state index contributed by atoms with van der Waals surface area (Å²) in [5.74, 6) is -0.281. The van der Waals surface area contributed by atoms with E-state index in [-0.39, 0.29) is 24.3 Å². The van der Waals surface area contributed by atoms with Gasteiger partial charge >= 0.3 is 6.03 Å². The maximum absolute atomic E-state index is 12.6. The Kier molecular flexibility index (Phi) is 3.63. The average Bonchev–Trinajstić information content (AvgIpc) is 3.32. The summed E-state index contributed by atoms with van der Waals surface area (Å²) in [4.78, 5) is 40.1. The average molecular weight is 339 g/mol. The van der Waals surface area contributed by atoms with Gasteiger partial charge in [-0.25, -0.2) is 4.79 Å². The molecule has 3 aliphatic rings. The first-order valence-corrected chi connectivity index (χ1v) is 8.65. The molecule has 1 N–H and O–H groups in total. The van der Waals surface area contributed by atoms with Gasteiger partial charge in [0.05, 0.1) is 0 Å². The number of carbonyl (C=O) groups is 3. The lowest BCUT2D eigenvalue weighted by atomic mass is 9.96. The lowest BCUT2D eigenvalue weighted by Gasteiger charge is -2.22. The number of imide groups is 1. The van der Waals surface area contributed by atoms with Crippen LogP contribution in [0.3, 0.4) is 0 Å². The second-order valence-electron chi connectivity index (χ2n) is 7.17. The molecular weight excluding hydrogens is 318 g/mol. The second-order valence-corrected chi connectivity index (χ2v) is 7.17. The van der Waals surface area contributed by atoms with Crippen molar-refractivity contribution in [3.63, 3.8) is 0 Å². The molecule has 6 nitrogen and oxygen atoms in total. The molecule has 130 valence electrons. The van der Waals surface area contributed by atoms with Crippen molar-refractivity contribution in [2.45, 2.75) is 25.3 Å². The number of rotatable bonds is 4. The first kappa shape index (κ1) is 15.9. The lowest BCUT2D eigenvalue weighted by Crippen LogP contribution is -2.47. The second kappa shape index (κ2) is 5.72. The van der Waals surface area contributed by atoms with Crippen molar-refractivity contribution in [3.05, 3.63) is 42.0 Å². The molecule has 0 aromatic heterocycles. The lowest BCUT2D eigenvalue weighted by molar-refractivity contribution is -0.138. The minimum Gasteiger partial charge on any atom is -0.333 e. The van der Waals surface area contributed by atoms with E-state index in [4.69, 9.17) is 0 Å². The van der Waals surface area contributed by atoms with Gasteiger partial charge < -0.3 is 10.2 Å². The fraction of sp³-hybridized carbons (Fsp3) is 0.421. The summed E-state index contributed by atoms with van der Waals surface area (Å²) in [5.41, 5.74) is 1.35. The molecule has 1 saturated carbocycles. The van der Waals surface area contributed by atoms with Gasteiger partial charge in [-0.3, -0.25) is 14.5 Å². The van der Waals surface area contributed by atoms with Crippen LogP contribution < -0.4 is 5.32 Å². The predicted octanol–water partition coefficient (Wildman–Crippen LogP) is 1.63. The van der Waals surface area contributed by atoms with E-state index in [1.165, 1.54) is 0 Å². The van der Waals surface area contributed by atoms with Crippen LogP contribution in [0.5, 0.6) is 0 Å². The van der Waals surface area contributed by atoms with Crippen molar-refractivity contribution in [2.75, 3.05) is 19.6 Å². The number of nitrogens with one attached hydrogen (secondary N) is 1. The summed E-state index contributed by atoms with van der Waals surface area (Å²) >= 11 is 0. The van der Waals surface area contributed by atoms with E-state index in [2.05, 4.69) is 5.32 Å². The zero-order valence-electron chi connectivity index (χ0n) is 14.2. The van der Waals surface area contributed by atoms with Crippen LogP contribution in [0.15, 0.2) is 36.4 Å². The summed E-state index contributed by atoms with van der Waals surface area (Å²) in [7, 11) is 0. The molecule has 0 bridgehead atoms. The molecule has 1 unspecified atom stereocenters. The van der Waals surface area contributed by atoms with E-state index in [0.717, 1.165) is 28.9 Å². The highest BCUT2D eigenvalue weighted by molar-refractivity contribution is 6.09. The van der Waals surface area contributed by atoms with Gasteiger partial charge in [0.15, 0.2) is 0 Å². The fourth-order valence-corrected chi connectivity index (χ4v) is 3.64. The van der Waals surface area contributed by atoms with Gasteiger partial charge in [0, 0.05) is 13.1 Å². The van der Waals surface area contributed by atoms with E-state index in [0.29, 0.717) is 13.1 Å². The Morgan fingerprint density at radius 1 is 1.24 bits per heavy atom. The van der Waals surface area contributed by atoms with Gasteiger partial charge in [0.1, 0.15) is 12.1 Å². The van der Waals surface area contributed by atoms with Crippen molar-refractivity contribution < 1.29 is 14.4 Å². The van der Waals surface area contributed by atoms with Crippen LogP contribution in [-0.2, 0) is 9.59 Å². The highest BCUT2D eigenvalue weighted by Gasteiger charge is 2.56. The number of amides is 4. The van der Waals surface area contributed by atoms with Crippen LogP contribution in [0.4, 0.5) is 4.79 Å². The van der Waals surface area contributed by atoms with Crippen LogP contribution in [0.1, 0.15) is 25.3 Å². The number of carbonyl (C=O) groups excluding carboxylic acids is 3. The number of hydrogen-bond donors (Lipinski definition) is 1. The highest BCUT2D eigenvalue weighted by Crippen LogP contribution is 2.42. The summed E-state index contributed by atoms with van der Waals surface area (Å²) in [6, 6.07) is 9.45. The third-order valence-corrected chi connectivity index (χ3v) is 5.40. The Balaban J connectivity index is 1.40. The first-order valence-electron chi connectivity index (χ1n) is 8.65. The Morgan fingerprint density at radius 2 is 1.96 bits per heavy atom. The molecule has 2 aliphatic heterocycles. The largest absolute Gasteiger partial charge is 0.333 e. The molecule has 2 fully saturated rings. The molecule has 6 heteroatoms. The van der Waals surface area contributed by atoms with Gasteiger partial charge in [-0.05, 0) is 36.8 Å². The van der Waals surface area contributed by atoms with Crippen molar-refractivity contribution in [1.29, 1.82) is 0 Å². The van der Waals surface area contributed by atoms with Gasteiger partial charge in [-0.2, -0.15) is 0 Å². The van der Waals surface area contributed by atoms with Gasteiger partial charge in [-0.15, -0.1) is 0 Å². The molecule has 0 spiro atoms. The molecule has 2 heterocycles. The summed E-state index contributed by atoms with van der Waals surface area (Å²) < 4.78 is 0. The number of benzene rings is 1. The fourth-order valence-electron chi connectivity index (χ4n) is 3.64. The molecule has 1 atom stereocenters. The molecule has 1 aromatic rings. The summed E-state index contributed by atoms with van der Waals surface area (Å²) in [5, 5.41) is 2.78. The zero-order valence-corrected chi connectivity index (χ0v) is 14.2. The van der Waals surface area contributed by atoms with Crippen LogP contribution >= 0.6 is 0 Å². The smallest absolute Gasteiger partial charge is 0.325 e. The monoisotopic (exact) mass is 339 g/mol. The topological polar surface area (TPSA) is 69.7 Å². The van der Waals surface area contributed by atoms with Crippen molar-refractivity contribution in [2.24, 2.45) is 5.92 Å². The zero-order chi connectivity index (χ0) is 17.6. The number of urea groups is 1. The van der Waals surface area contributed by atoms with Gasteiger partial charge in [0.25, 0.3) is 5.91 Å². The normalized spacial score (nSPS) is 26.0. The Hall–Kier alpha value is -2.63. The molecule has 25 heavy (non-hydrogen) atoms. The van der Waals surface area contributed by atoms with Crippen LogP contribution in [-0.4, -0.2) is 52.8 Å². The van der Waals surface area contributed by atoms with Crippen LogP contribution in [0.2, 0.25) is 0 Å². The Morgan fingerprint density at radius 3 is 2.64 bits per heavy atom. The van der Waals surface area contributed by atoms with E-state index < -0.39 is 11.6 Å². The summed E-state index contributed by atoms with van der Waals surface area (Å²) in [6.45, 7) is 2.59. The third-order valence-electron chi connectivity index (χ3n) is 5.40. The molecular formula is C19H21N3O3. The minimum absolute atomic E-state index is 0.192. The standard InChI is InChI=1S/C19H21N3O3/c1-19(15-7-8-15)17(24)22(18(25)20-19)12-16(23)21-10-9-14(11-21)13-5-3-2-4-6-13/h2-6,9,15H,7-8,10-12H2,1H3,(H,20,25). The maximum Gasteiger partial charge on any atom is 0.325 e. The highest BCUT2D eigenvalue weighted by atomic mass is 16.2. The van der Waals surface area contributed by atoms with Crippen molar-refractivity contribution in [3.8, 4) is 0 Å². The molecule has 1 aliphatic carbocycles. The third kappa shape index (κ3) is 2.71. The van der Waals surface area contributed by atoms with E-state index >= 15 is 0 Å². The van der Waals surface area contributed by atoms with Crippen LogP contribution in [0, 0.1) is 5.92 Å². The predicted molar refractivity (Wildman–Crippen MR) is 92.4 cm³/mol. The van der Waals surface area contributed by atoms with Gasteiger partial charge in [0.2, 0.25) is 5.91 Å². The van der Waals surface area contributed by atoms with Gasteiger partial charge in [-0.1, -0.05) is 36.4 Å². The summed E-state index contributed by atoms with van der Waals surface area (Å²) in [6.07, 6.45) is 3.91.